The molecule has 0 bridgehead atoms. The first-order chi connectivity index (χ1) is 24.3. The summed E-state index contributed by atoms with van der Waals surface area (Å²) >= 11 is 0. The Morgan fingerprint density at radius 3 is 1.63 bits per heavy atom. The van der Waals surface area contributed by atoms with Crippen molar-refractivity contribution in [1.29, 1.82) is 0 Å². The van der Waals surface area contributed by atoms with Crippen molar-refractivity contribution < 1.29 is 0 Å². The normalized spacial score (nSPS) is 12.1. The molecule has 11 aromatic rings. The van der Waals surface area contributed by atoms with Gasteiger partial charge >= 0.3 is 0 Å². The van der Waals surface area contributed by atoms with E-state index in [9.17, 15) is 0 Å². The Bertz CT molecular complexity index is 3090. The predicted octanol–water partition coefficient (Wildman–Crippen LogP) is 12.1. The summed E-state index contributed by atoms with van der Waals surface area (Å²) in [5.41, 5.74) is 10.8. The summed E-state index contributed by atoms with van der Waals surface area (Å²) < 4.78 is 7.35. The second kappa shape index (κ2) is 9.96. The van der Waals surface area contributed by atoms with Crippen molar-refractivity contribution in [2.45, 2.75) is 0 Å². The number of hydrogen-bond acceptors (Lipinski definition) is 0. The van der Waals surface area contributed by atoms with Crippen molar-refractivity contribution in [3.8, 4) is 17.1 Å². The number of rotatable bonds is 3. The van der Waals surface area contributed by atoms with Crippen molar-refractivity contribution in [1.82, 2.24) is 13.7 Å². The van der Waals surface area contributed by atoms with Gasteiger partial charge in [0.2, 0.25) is 0 Å². The third-order valence-electron chi connectivity index (χ3n) is 10.4. The molecule has 8 aromatic carbocycles. The van der Waals surface area contributed by atoms with Crippen LogP contribution in [0.15, 0.2) is 176 Å². The monoisotopic (exact) mass is 623 g/mol. The van der Waals surface area contributed by atoms with Crippen LogP contribution in [0.5, 0.6) is 0 Å². The number of nitrogens with zero attached hydrogens (tertiary/aromatic N) is 3. The molecular weight excluding hydrogens is 595 g/mol. The lowest BCUT2D eigenvalue weighted by molar-refractivity contribution is 1.16. The molecule has 0 fully saturated rings. The Hall–Kier alpha value is -6.58. The van der Waals surface area contributed by atoms with E-state index in [0.29, 0.717) is 0 Å². The van der Waals surface area contributed by atoms with Gasteiger partial charge in [-0.1, -0.05) is 115 Å². The first-order valence-electron chi connectivity index (χ1n) is 16.9. The number of benzene rings is 8. The number of fused-ring (bicyclic) bond motifs is 11. The molecule has 0 atom stereocenters. The topological polar surface area (TPSA) is 14.8 Å². The van der Waals surface area contributed by atoms with Gasteiger partial charge in [-0.3, -0.25) is 0 Å². The highest BCUT2D eigenvalue weighted by atomic mass is 15.0. The summed E-state index contributed by atoms with van der Waals surface area (Å²) in [6, 6.07) is 64.2. The van der Waals surface area contributed by atoms with Gasteiger partial charge in [-0.2, -0.15) is 0 Å². The Morgan fingerprint density at radius 1 is 0.286 bits per heavy atom. The van der Waals surface area contributed by atoms with Crippen LogP contribution in [0.25, 0.3) is 93.3 Å². The first kappa shape index (κ1) is 26.5. The number of hydrogen-bond donors (Lipinski definition) is 0. The average Bonchev–Trinajstić information content (AvgIpc) is 3.80. The van der Waals surface area contributed by atoms with Crippen LogP contribution >= 0.6 is 0 Å². The molecule has 49 heavy (non-hydrogen) atoms. The third kappa shape index (κ3) is 3.62. The molecular formula is C46H29N3. The molecule has 0 aliphatic rings. The van der Waals surface area contributed by atoms with Gasteiger partial charge in [0.25, 0.3) is 0 Å². The van der Waals surface area contributed by atoms with Crippen LogP contribution in [0.4, 0.5) is 0 Å². The Morgan fingerprint density at radius 2 is 0.837 bits per heavy atom. The Labute approximate surface area is 282 Å². The minimum atomic E-state index is 1.15. The summed E-state index contributed by atoms with van der Waals surface area (Å²) in [6.07, 6.45) is 0. The summed E-state index contributed by atoms with van der Waals surface area (Å²) in [4.78, 5) is 0. The van der Waals surface area contributed by atoms with Crippen molar-refractivity contribution >= 4 is 76.2 Å². The molecule has 0 aliphatic heterocycles. The smallest absolute Gasteiger partial charge is 0.0641 e. The van der Waals surface area contributed by atoms with Crippen LogP contribution in [0, 0.1) is 0 Å². The minimum Gasteiger partial charge on any atom is -0.309 e. The van der Waals surface area contributed by atoms with E-state index in [1.165, 1.54) is 87.6 Å². The van der Waals surface area contributed by atoms with Crippen LogP contribution < -0.4 is 0 Å². The second-order valence-corrected chi connectivity index (χ2v) is 12.9. The maximum absolute atomic E-state index is 2.50. The quantitative estimate of drug-likeness (QED) is 0.186. The van der Waals surface area contributed by atoms with E-state index in [-0.39, 0.29) is 0 Å². The van der Waals surface area contributed by atoms with Crippen LogP contribution in [-0.2, 0) is 0 Å². The molecule has 0 saturated carbocycles. The summed E-state index contributed by atoms with van der Waals surface area (Å²) in [5.74, 6) is 0. The van der Waals surface area contributed by atoms with Crippen molar-refractivity contribution in [2.24, 2.45) is 0 Å². The highest BCUT2D eigenvalue weighted by molar-refractivity contribution is 6.26. The van der Waals surface area contributed by atoms with E-state index < -0.39 is 0 Å². The number of para-hydroxylation sites is 4. The SMILES string of the molecule is c1ccc(-n2c3ccccc3c3cc(-n4c5ccccc5c5c4ccc4c6ccccc6n(-c6cccc7ccccc67)c45)ccc32)cc1. The summed E-state index contributed by atoms with van der Waals surface area (Å²) in [6.45, 7) is 0. The predicted molar refractivity (Wildman–Crippen MR) is 207 cm³/mol. The van der Waals surface area contributed by atoms with Crippen LogP contribution in [0.2, 0.25) is 0 Å². The Balaban J connectivity index is 1.27. The van der Waals surface area contributed by atoms with Crippen LogP contribution in [0.3, 0.4) is 0 Å². The lowest BCUT2D eigenvalue weighted by atomic mass is 10.1. The molecule has 3 nitrogen and oxygen atoms in total. The summed E-state index contributed by atoms with van der Waals surface area (Å²) in [5, 5.41) is 10.0. The molecule has 228 valence electrons. The van der Waals surface area contributed by atoms with Gasteiger partial charge in [0, 0.05) is 49.1 Å². The fourth-order valence-corrected chi connectivity index (χ4v) is 8.40. The van der Waals surface area contributed by atoms with Gasteiger partial charge in [-0.05, 0) is 66.0 Å². The number of aromatic nitrogens is 3. The third-order valence-corrected chi connectivity index (χ3v) is 10.4. The molecule has 0 aliphatic carbocycles. The van der Waals surface area contributed by atoms with Crippen molar-refractivity contribution in [3.63, 3.8) is 0 Å². The van der Waals surface area contributed by atoms with Crippen molar-refractivity contribution in [2.75, 3.05) is 0 Å². The largest absolute Gasteiger partial charge is 0.309 e. The Kier molecular flexibility index (Phi) is 5.38. The molecule has 3 heteroatoms. The van der Waals surface area contributed by atoms with E-state index >= 15 is 0 Å². The highest BCUT2D eigenvalue weighted by Crippen LogP contribution is 2.43. The van der Waals surface area contributed by atoms with Gasteiger partial charge in [0.15, 0.2) is 0 Å². The molecule has 3 aromatic heterocycles. The van der Waals surface area contributed by atoms with E-state index in [4.69, 9.17) is 0 Å². The van der Waals surface area contributed by atoms with E-state index in [1.54, 1.807) is 0 Å². The second-order valence-electron chi connectivity index (χ2n) is 12.9. The zero-order valence-electron chi connectivity index (χ0n) is 26.6. The van der Waals surface area contributed by atoms with Gasteiger partial charge in [-0.15, -0.1) is 0 Å². The van der Waals surface area contributed by atoms with E-state index in [2.05, 4.69) is 190 Å². The molecule has 11 rings (SSSR count). The van der Waals surface area contributed by atoms with Gasteiger partial charge in [0.1, 0.15) is 0 Å². The lowest BCUT2D eigenvalue weighted by Crippen LogP contribution is -1.97. The maximum Gasteiger partial charge on any atom is 0.0641 e. The average molecular weight is 624 g/mol. The van der Waals surface area contributed by atoms with Crippen LogP contribution in [0.1, 0.15) is 0 Å². The summed E-state index contributed by atoms with van der Waals surface area (Å²) in [7, 11) is 0. The first-order valence-corrected chi connectivity index (χ1v) is 16.9. The molecule has 0 radical (unpaired) electrons. The molecule has 0 unspecified atom stereocenters. The van der Waals surface area contributed by atoms with Crippen molar-refractivity contribution in [3.05, 3.63) is 176 Å². The van der Waals surface area contributed by atoms with E-state index in [1.807, 2.05) is 0 Å². The molecule has 0 spiro atoms. The lowest BCUT2D eigenvalue weighted by Gasteiger charge is -2.13. The van der Waals surface area contributed by atoms with Gasteiger partial charge in [-0.25, -0.2) is 0 Å². The maximum atomic E-state index is 2.50. The molecule has 0 amide bonds. The van der Waals surface area contributed by atoms with E-state index in [0.717, 1.165) is 5.69 Å². The fourth-order valence-electron chi connectivity index (χ4n) is 8.40. The minimum absolute atomic E-state index is 1.15. The molecule has 0 N–H and O–H groups in total. The van der Waals surface area contributed by atoms with Gasteiger partial charge in [0.05, 0.1) is 38.8 Å². The zero-order valence-corrected chi connectivity index (χ0v) is 26.6. The fraction of sp³-hybridized carbons (Fsp3) is 0. The zero-order chi connectivity index (χ0) is 32.1. The van der Waals surface area contributed by atoms with Crippen LogP contribution in [-0.4, -0.2) is 13.7 Å². The van der Waals surface area contributed by atoms with Gasteiger partial charge < -0.3 is 13.7 Å². The molecule has 0 saturated heterocycles. The highest BCUT2D eigenvalue weighted by Gasteiger charge is 2.22. The molecule has 3 heterocycles. The standard InChI is InChI=1S/C46H29N3/c1-2-15-31(16-3-1)47-40-21-9-7-19-35(40)38-29-32(25-27-43(38)47)48-42-23-11-8-20-37(42)45-44(48)28-26-36-34-18-6-10-22-41(34)49(46(36)45)39-24-12-14-30-13-4-5-17-33(30)39/h1-29H.